The van der Waals surface area contributed by atoms with Crippen molar-refractivity contribution in [2.75, 3.05) is 13.2 Å². The molecule has 1 aromatic carbocycles. The predicted octanol–water partition coefficient (Wildman–Crippen LogP) is 2.61. The summed E-state index contributed by atoms with van der Waals surface area (Å²) in [5.41, 5.74) is 0.752. The number of carbonyl (C=O) groups excluding carboxylic acids is 1. The largest absolute Gasteiger partial charge is 0.493 e. The van der Waals surface area contributed by atoms with Crippen molar-refractivity contribution in [1.29, 1.82) is 0 Å². The maximum atomic E-state index is 12.1. The summed E-state index contributed by atoms with van der Waals surface area (Å²) in [7, 11) is 0. The molecule has 2 unspecified atom stereocenters. The molecule has 0 bridgehead atoms. The first-order valence-electron chi connectivity index (χ1n) is 7.82. The minimum absolute atomic E-state index is 0.0644. The second kappa shape index (κ2) is 7.01. The molecule has 22 heavy (non-hydrogen) atoms. The maximum absolute atomic E-state index is 12.1. The number of carbonyl (C=O) groups is 1. The lowest BCUT2D eigenvalue weighted by atomic mass is 9.89. The number of urea groups is 1. The number of fused-ring (bicyclic) bond motifs is 1. The van der Waals surface area contributed by atoms with Crippen LogP contribution in [0.15, 0.2) is 24.3 Å². The molecule has 0 fully saturated rings. The van der Waals surface area contributed by atoms with Crippen LogP contribution in [-0.2, 0) is 0 Å². The maximum Gasteiger partial charge on any atom is 0.315 e. The minimum atomic E-state index is -0.581. The molecule has 122 valence electrons. The van der Waals surface area contributed by atoms with Gasteiger partial charge in [0.05, 0.1) is 18.8 Å². The topological polar surface area (TPSA) is 70.6 Å². The fourth-order valence-electron chi connectivity index (χ4n) is 2.38. The van der Waals surface area contributed by atoms with Gasteiger partial charge in [-0.1, -0.05) is 39.0 Å². The molecule has 5 heteroatoms. The normalized spacial score (nSPS) is 19.4. The summed E-state index contributed by atoms with van der Waals surface area (Å²) in [6.07, 6.45) is 1.15. The second-order valence-electron chi connectivity index (χ2n) is 6.82. The van der Waals surface area contributed by atoms with E-state index < -0.39 is 6.10 Å². The Morgan fingerprint density at radius 2 is 2.14 bits per heavy atom. The molecule has 3 N–H and O–H groups in total. The van der Waals surface area contributed by atoms with Gasteiger partial charge in [-0.2, -0.15) is 0 Å². The van der Waals surface area contributed by atoms with Gasteiger partial charge in [-0.05, 0) is 24.3 Å². The smallest absolute Gasteiger partial charge is 0.315 e. The van der Waals surface area contributed by atoms with Crippen LogP contribution in [0.2, 0.25) is 0 Å². The van der Waals surface area contributed by atoms with E-state index in [1.807, 2.05) is 45.0 Å². The van der Waals surface area contributed by atoms with Crippen molar-refractivity contribution in [3.63, 3.8) is 0 Å². The Balaban J connectivity index is 1.94. The molecule has 0 saturated carbocycles. The Morgan fingerprint density at radius 1 is 1.41 bits per heavy atom. The fraction of sp³-hybridized carbons (Fsp3) is 0.588. The molecule has 1 aliphatic rings. The van der Waals surface area contributed by atoms with Crippen molar-refractivity contribution >= 4 is 6.03 Å². The summed E-state index contributed by atoms with van der Waals surface area (Å²) in [5.74, 6) is 0.833. The molecule has 2 atom stereocenters. The van der Waals surface area contributed by atoms with E-state index in [-0.39, 0.29) is 24.0 Å². The van der Waals surface area contributed by atoms with Crippen molar-refractivity contribution < 1.29 is 14.6 Å². The molecular formula is C17H26N2O3. The van der Waals surface area contributed by atoms with Gasteiger partial charge in [-0.25, -0.2) is 4.79 Å². The van der Waals surface area contributed by atoms with Crippen LogP contribution in [0.5, 0.6) is 5.75 Å². The Bertz CT molecular complexity index is 511. The quantitative estimate of drug-likeness (QED) is 0.804. The first-order valence-corrected chi connectivity index (χ1v) is 7.82. The van der Waals surface area contributed by atoms with E-state index in [0.717, 1.165) is 24.2 Å². The Kier molecular flexibility index (Phi) is 5.29. The van der Waals surface area contributed by atoms with E-state index in [2.05, 4.69) is 10.6 Å². The SMILES string of the molecule is CC(C)(C)C(O)CNC(=O)NC1CCCOc2ccccc21. The second-order valence-corrected chi connectivity index (χ2v) is 6.82. The number of hydrogen-bond donors (Lipinski definition) is 3. The van der Waals surface area contributed by atoms with Gasteiger partial charge < -0.3 is 20.5 Å². The van der Waals surface area contributed by atoms with Gasteiger partial charge >= 0.3 is 6.03 Å². The first kappa shape index (κ1) is 16.6. The van der Waals surface area contributed by atoms with Crippen molar-refractivity contribution in [3.05, 3.63) is 29.8 Å². The summed E-state index contributed by atoms with van der Waals surface area (Å²) in [6.45, 7) is 6.72. The molecule has 1 aliphatic heterocycles. The third-order valence-electron chi connectivity index (χ3n) is 3.95. The highest BCUT2D eigenvalue weighted by atomic mass is 16.5. The molecule has 0 spiro atoms. The van der Waals surface area contributed by atoms with Crippen molar-refractivity contribution in [1.82, 2.24) is 10.6 Å². The number of amides is 2. The molecule has 0 aliphatic carbocycles. The molecule has 0 radical (unpaired) electrons. The highest BCUT2D eigenvalue weighted by Gasteiger charge is 2.24. The van der Waals surface area contributed by atoms with Gasteiger partial charge in [0.15, 0.2) is 0 Å². The molecule has 2 rings (SSSR count). The first-order chi connectivity index (χ1) is 10.4. The monoisotopic (exact) mass is 306 g/mol. The Morgan fingerprint density at radius 3 is 2.86 bits per heavy atom. The number of aliphatic hydroxyl groups is 1. The van der Waals surface area contributed by atoms with Gasteiger partial charge in [-0.3, -0.25) is 0 Å². The van der Waals surface area contributed by atoms with E-state index in [9.17, 15) is 9.90 Å². The standard InChI is InChI=1S/C17H26N2O3/c1-17(2,3)15(20)11-18-16(21)19-13-8-6-10-22-14-9-5-4-7-12(13)14/h4-5,7,9,13,15,20H,6,8,10-11H2,1-3H3,(H2,18,19,21). The van der Waals surface area contributed by atoms with E-state index in [0.29, 0.717) is 6.61 Å². The van der Waals surface area contributed by atoms with E-state index in [4.69, 9.17) is 4.74 Å². The summed E-state index contributed by atoms with van der Waals surface area (Å²) in [5, 5.41) is 15.7. The molecule has 2 amide bonds. The highest BCUT2D eigenvalue weighted by Crippen LogP contribution is 2.31. The van der Waals surface area contributed by atoms with Crippen molar-refractivity contribution in [2.45, 2.75) is 45.8 Å². The number of aliphatic hydroxyl groups excluding tert-OH is 1. The number of para-hydroxylation sites is 1. The predicted molar refractivity (Wildman–Crippen MR) is 85.9 cm³/mol. The van der Waals surface area contributed by atoms with E-state index >= 15 is 0 Å². The van der Waals surface area contributed by atoms with Crippen LogP contribution < -0.4 is 15.4 Å². The molecular weight excluding hydrogens is 280 g/mol. The fourth-order valence-corrected chi connectivity index (χ4v) is 2.38. The van der Waals surface area contributed by atoms with Crippen molar-refractivity contribution in [3.8, 4) is 5.75 Å². The lowest BCUT2D eigenvalue weighted by Crippen LogP contribution is -2.44. The number of nitrogens with one attached hydrogen (secondary N) is 2. The lowest BCUT2D eigenvalue weighted by molar-refractivity contribution is 0.0649. The summed E-state index contributed by atoms with van der Waals surface area (Å²) >= 11 is 0. The number of hydrogen-bond acceptors (Lipinski definition) is 3. The van der Waals surface area contributed by atoms with Gasteiger partial charge in [0.2, 0.25) is 0 Å². The molecule has 1 aromatic rings. The summed E-state index contributed by atoms with van der Waals surface area (Å²) in [4.78, 5) is 12.1. The summed E-state index contributed by atoms with van der Waals surface area (Å²) < 4.78 is 5.69. The van der Waals surface area contributed by atoms with Crippen LogP contribution in [0.1, 0.15) is 45.2 Å². The van der Waals surface area contributed by atoms with Crippen molar-refractivity contribution in [2.24, 2.45) is 5.41 Å². The third-order valence-corrected chi connectivity index (χ3v) is 3.95. The average Bonchev–Trinajstić information content (AvgIpc) is 2.66. The summed E-state index contributed by atoms with van der Waals surface area (Å²) in [6, 6.07) is 7.46. The number of ether oxygens (including phenoxy) is 1. The Labute approximate surface area is 132 Å². The minimum Gasteiger partial charge on any atom is -0.493 e. The van der Waals surface area contributed by atoms with Crippen LogP contribution >= 0.6 is 0 Å². The lowest BCUT2D eigenvalue weighted by Gasteiger charge is -2.26. The third kappa shape index (κ3) is 4.37. The van der Waals surface area contributed by atoms with Gasteiger partial charge in [0, 0.05) is 12.1 Å². The molecule has 0 aromatic heterocycles. The van der Waals surface area contributed by atoms with Crippen LogP contribution in [0.3, 0.4) is 0 Å². The molecule has 0 saturated heterocycles. The van der Waals surface area contributed by atoms with Crippen LogP contribution in [0.4, 0.5) is 4.79 Å². The molecule has 1 heterocycles. The number of rotatable bonds is 3. The Hall–Kier alpha value is -1.75. The number of benzene rings is 1. The highest BCUT2D eigenvalue weighted by molar-refractivity contribution is 5.74. The molecule has 5 nitrogen and oxygen atoms in total. The van der Waals surface area contributed by atoms with Gasteiger partial charge in [0.25, 0.3) is 0 Å². The van der Waals surface area contributed by atoms with Crippen LogP contribution in [0, 0.1) is 5.41 Å². The van der Waals surface area contributed by atoms with E-state index in [1.165, 1.54) is 0 Å². The zero-order valence-electron chi connectivity index (χ0n) is 13.6. The zero-order valence-corrected chi connectivity index (χ0v) is 13.6. The van der Waals surface area contributed by atoms with Gasteiger partial charge in [-0.15, -0.1) is 0 Å². The van der Waals surface area contributed by atoms with Crippen LogP contribution in [-0.4, -0.2) is 30.4 Å². The van der Waals surface area contributed by atoms with Crippen LogP contribution in [0.25, 0.3) is 0 Å². The zero-order chi connectivity index (χ0) is 16.2. The van der Waals surface area contributed by atoms with Gasteiger partial charge in [0.1, 0.15) is 5.75 Å². The average molecular weight is 306 g/mol. The van der Waals surface area contributed by atoms with E-state index in [1.54, 1.807) is 0 Å².